The van der Waals surface area contributed by atoms with Crippen LogP contribution in [-0.4, -0.2) is 65.7 Å². The van der Waals surface area contributed by atoms with E-state index in [0.717, 1.165) is 0 Å². The number of hydrogen-bond donors (Lipinski definition) is 1. The minimum Gasteiger partial charge on any atom is -0.480 e. The number of rotatable bonds is 2. The Morgan fingerprint density at radius 2 is 1.89 bits per heavy atom. The fraction of sp³-hybridized carbons (Fsp3) is 0.800. The van der Waals surface area contributed by atoms with Crippen molar-refractivity contribution in [2.45, 2.75) is 31.1 Å². The molecule has 0 spiro atoms. The first-order valence-electron chi connectivity index (χ1n) is 5.41. The van der Waals surface area contributed by atoms with Crippen LogP contribution in [-0.2, 0) is 9.59 Å². The number of hydrogen-bond acceptors (Lipinski definition) is 3. The first-order valence-corrected chi connectivity index (χ1v) is 5.41. The average molecular weight is 268 g/mol. The number of carboxylic acid groups (broad SMARTS) is 1. The van der Waals surface area contributed by atoms with E-state index in [1.807, 2.05) is 0 Å². The number of carboxylic acids is 1. The van der Waals surface area contributed by atoms with Gasteiger partial charge in [0.1, 0.15) is 6.04 Å². The lowest BCUT2D eigenvalue weighted by atomic mass is 9.96. The minimum absolute atomic E-state index is 0.00412. The summed E-state index contributed by atoms with van der Waals surface area (Å²) in [6.07, 6.45) is -4.69. The molecule has 0 aromatic heterocycles. The molecule has 18 heavy (non-hydrogen) atoms. The number of piperidine rings is 1. The monoisotopic (exact) mass is 268 g/mol. The number of nitrogens with zero attached hydrogens (tertiary/aromatic N) is 2. The summed E-state index contributed by atoms with van der Waals surface area (Å²) in [6.45, 7) is -0.196. The third-order valence-corrected chi connectivity index (χ3v) is 3.09. The Kier molecular flexibility index (Phi) is 4.20. The van der Waals surface area contributed by atoms with Gasteiger partial charge in [0.2, 0.25) is 0 Å². The van der Waals surface area contributed by atoms with Crippen LogP contribution in [0.15, 0.2) is 0 Å². The van der Waals surface area contributed by atoms with Gasteiger partial charge in [-0.1, -0.05) is 0 Å². The molecular weight excluding hydrogens is 253 g/mol. The lowest BCUT2D eigenvalue weighted by Crippen LogP contribution is -2.56. The Morgan fingerprint density at radius 3 is 2.28 bits per heavy atom. The number of carbonyl (C=O) groups excluding carboxylic acids is 1. The summed E-state index contributed by atoms with van der Waals surface area (Å²) in [5.74, 6) is -3.48. The Bertz CT molecular complexity index is 344. The predicted octanol–water partition coefficient (Wildman–Crippen LogP) is 0.554. The molecule has 1 saturated heterocycles. The maximum absolute atomic E-state index is 12.3. The molecule has 0 unspecified atom stereocenters. The number of aliphatic carboxylic acids is 1. The van der Waals surface area contributed by atoms with Gasteiger partial charge < -0.3 is 14.9 Å². The molecule has 0 aromatic carbocycles. The van der Waals surface area contributed by atoms with Gasteiger partial charge in [0.05, 0.1) is 0 Å². The minimum atomic E-state index is -5.03. The van der Waals surface area contributed by atoms with Crippen molar-refractivity contribution in [3.05, 3.63) is 0 Å². The fourth-order valence-corrected chi connectivity index (χ4v) is 2.06. The van der Waals surface area contributed by atoms with E-state index in [9.17, 15) is 22.8 Å². The van der Waals surface area contributed by atoms with Crippen LogP contribution >= 0.6 is 0 Å². The van der Waals surface area contributed by atoms with E-state index in [2.05, 4.69) is 0 Å². The second-order valence-corrected chi connectivity index (χ2v) is 4.49. The molecule has 0 radical (unpaired) electrons. The van der Waals surface area contributed by atoms with E-state index in [4.69, 9.17) is 5.11 Å². The molecule has 1 N–H and O–H groups in total. The third kappa shape index (κ3) is 3.12. The first kappa shape index (κ1) is 14.7. The van der Waals surface area contributed by atoms with E-state index in [-0.39, 0.29) is 19.0 Å². The zero-order valence-electron chi connectivity index (χ0n) is 10.1. The van der Waals surface area contributed by atoms with Gasteiger partial charge in [-0.05, 0) is 26.9 Å². The van der Waals surface area contributed by atoms with E-state index in [1.165, 1.54) is 0 Å². The lowest BCUT2D eigenvalue weighted by Gasteiger charge is -2.39. The number of carbonyl (C=O) groups is 2. The van der Waals surface area contributed by atoms with Crippen LogP contribution in [0.1, 0.15) is 12.8 Å². The molecule has 5 nitrogen and oxygen atoms in total. The Balaban J connectivity index is 2.87. The highest BCUT2D eigenvalue weighted by Crippen LogP contribution is 2.26. The standard InChI is InChI=1S/C10H15F3N2O3/c1-14(2)6-3-4-15(7(5-6)8(16)17)9(18)10(11,12)13/h6-7H,3-5H2,1-2H3,(H,16,17)/t6-,7+/m1/s1. The molecule has 104 valence electrons. The summed E-state index contributed by atoms with van der Waals surface area (Å²) < 4.78 is 37.0. The fourth-order valence-electron chi connectivity index (χ4n) is 2.06. The topological polar surface area (TPSA) is 60.9 Å². The van der Waals surface area contributed by atoms with Crippen LogP contribution in [0.3, 0.4) is 0 Å². The van der Waals surface area contributed by atoms with Crippen LogP contribution in [0, 0.1) is 0 Å². The van der Waals surface area contributed by atoms with E-state index >= 15 is 0 Å². The molecule has 1 heterocycles. The van der Waals surface area contributed by atoms with Crippen molar-refractivity contribution >= 4 is 11.9 Å². The van der Waals surface area contributed by atoms with Crippen LogP contribution in [0.2, 0.25) is 0 Å². The Labute approximate surface area is 102 Å². The summed E-state index contributed by atoms with van der Waals surface area (Å²) in [4.78, 5) is 24.3. The summed E-state index contributed by atoms with van der Waals surface area (Å²) in [5.41, 5.74) is 0. The van der Waals surface area contributed by atoms with Gasteiger partial charge in [-0.15, -0.1) is 0 Å². The number of amides is 1. The maximum Gasteiger partial charge on any atom is 0.471 e. The van der Waals surface area contributed by atoms with Crippen LogP contribution in [0.4, 0.5) is 13.2 Å². The first-order chi connectivity index (χ1) is 8.14. The zero-order chi connectivity index (χ0) is 14.1. The Hall–Kier alpha value is -1.31. The van der Waals surface area contributed by atoms with Gasteiger partial charge >= 0.3 is 18.1 Å². The summed E-state index contributed by atoms with van der Waals surface area (Å²) in [7, 11) is 3.45. The molecule has 1 rings (SSSR count). The molecule has 0 bridgehead atoms. The van der Waals surface area contributed by atoms with Crippen molar-refractivity contribution in [2.75, 3.05) is 20.6 Å². The van der Waals surface area contributed by atoms with E-state index in [0.29, 0.717) is 11.3 Å². The molecule has 0 aliphatic carbocycles. The molecular formula is C10H15F3N2O3. The van der Waals surface area contributed by atoms with Gasteiger partial charge in [0.25, 0.3) is 0 Å². The van der Waals surface area contributed by atoms with Crippen molar-refractivity contribution in [3.63, 3.8) is 0 Å². The van der Waals surface area contributed by atoms with Gasteiger partial charge in [0, 0.05) is 12.6 Å². The summed E-state index contributed by atoms with van der Waals surface area (Å²) >= 11 is 0. The number of halogens is 3. The highest BCUT2D eigenvalue weighted by molar-refractivity contribution is 5.87. The second-order valence-electron chi connectivity index (χ2n) is 4.49. The van der Waals surface area contributed by atoms with Crippen molar-refractivity contribution < 1.29 is 27.9 Å². The third-order valence-electron chi connectivity index (χ3n) is 3.09. The van der Waals surface area contributed by atoms with Gasteiger partial charge in [-0.2, -0.15) is 13.2 Å². The van der Waals surface area contributed by atoms with Crippen LogP contribution in [0.5, 0.6) is 0 Å². The predicted molar refractivity (Wildman–Crippen MR) is 55.9 cm³/mol. The van der Waals surface area contributed by atoms with Crippen molar-refractivity contribution in [3.8, 4) is 0 Å². The molecule has 1 fully saturated rings. The molecule has 0 saturated carbocycles. The van der Waals surface area contributed by atoms with Gasteiger partial charge in [-0.25, -0.2) is 4.79 Å². The second kappa shape index (κ2) is 5.13. The largest absolute Gasteiger partial charge is 0.480 e. The van der Waals surface area contributed by atoms with Crippen molar-refractivity contribution in [2.24, 2.45) is 0 Å². The highest BCUT2D eigenvalue weighted by atomic mass is 19.4. The maximum atomic E-state index is 12.3. The highest BCUT2D eigenvalue weighted by Gasteiger charge is 2.48. The quantitative estimate of drug-likeness (QED) is 0.794. The van der Waals surface area contributed by atoms with E-state index < -0.39 is 24.1 Å². The lowest BCUT2D eigenvalue weighted by molar-refractivity contribution is -0.192. The van der Waals surface area contributed by atoms with Gasteiger partial charge in [0.15, 0.2) is 0 Å². The summed E-state index contributed by atoms with van der Waals surface area (Å²) in [6, 6.07) is -1.55. The van der Waals surface area contributed by atoms with Gasteiger partial charge in [-0.3, -0.25) is 4.79 Å². The summed E-state index contributed by atoms with van der Waals surface area (Å²) in [5, 5.41) is 8.94. The molecule has 1 aliphatic heterocycles. The normalized spacial score (nSPS) is 25.3. The number of alkyl halides is 3. The molecule has 2 atom stereocenters. The molecule has 8 heteroatoms. The van der Waals surface area contributed by atoms with Crippen molar-refractivity contribution in [1.82, 2.24) is 9.80 Å². The average Bonchev–Trinajstić information content (AvgIpc) is 2.25. The molecule has 1 aliphatic rings. The Morgan fingerprint density at radius 1 is 1.33 bits per heavy atom. The number of likely N-dealkylation sites (tertiary alicyclic amines) is 1. The van der Waals surface area contributed by atoms with Crippen LogP contribution < -0.4 is 0 Å². The SMILES string of the molecule is CN(C)[C@@H]1CCN(C(=O)C(F)(F)F)[C@H](C(=O)O)C1. The molecule has 0 aromatic rings. The molecule has 1 amide bonds. The van der Waals surface area contributed by atoms with Crippen molar-refractivity contribution in [1.29, 1.82) is 0 Å². The smallest absolute Gasteiger partial charge is 0.471 e. The zero-order valence-corrected chi connectivity index (χ0v) is 10.1. The van der Waals surface area contributed by atoms with E-state index in [1.54, 1.807) is 19.0 Å². The van der Waals surface area contributed by atoms with Crippen LogP contribution in [0.25, 0.3) is 0 Å².